The topological polar surface area (TPSA) is 134 Å². The number of nitrogens with one attached hydrogen (secondary N) is 1. The Kier molecular flexibility index (Phi) is 7.36. The van der Waals surface area contributed by atoms with Crippen molar-refractivity contribution in [3.63, 3.8) is 0 Å². The van der Waals surface area contributed by atoms with Crippen molar-refractivity contribution < 1.29 is 27.6 Å². The first-order chi connectivity index (χ1) is 18.9. The maximum absolute atomic E-state index is 13.9. The van der Waals surface area contributed by atoms with Crippen molar-refractivity contribution in [2.45, 2.75) is 51.7 Å². The van der Waals surface area contributed by atoms with Crippen molar-refractivity contribution in [2.75, 3.05) is 13.1 Å². The molecule has 210 valence electrons. The van der Waals surface area contributed by atoms with E-state index in [1.54, 1.807) is 11.4 Å². The molecule has 1 N–H and O–H groups in total. The number of carbonyl (C=O) groups excluding carboxylic acids is 4. The predicted molar refractivity (Wildman–Crippen MR) is 150 cm³/mol. The molecule has 0 saturated carbocycles. The Morgan fingerprint density at radius 3 is 2.55 bits per heavy atom. The lowest BCUT2D eigenvalue weighted by atomic mass is 9.87. The summed E-state index contributed by atoms with van der Waals surface area (Å²) in [4.78, 5) is 58.4. The minimum atomic E-state index is -4.54. The second-order valence-corrected chi connectivity index (χ2v) is 14.0. The number of sulfonamides is 1. The maximum atomic E-state index is 13.9. The summed E-state index contributed by atoms with van der Waals surface area (Å²) in [6.07, 6.45) is 1.82. The fourth-order valence-electron chi connectivity index (χ4n) is 5.47. The highest BCUT2D eigenvalue weighted by Crippen LogP contribution is 2.34. The summed E-state index contributed by atoms with van der Waals surface area (Å²) >= 11 is 1.44. The Hall–Kier alpha value is -3.48. The molecule has 2 saturated heterocycles. The molecule has 3 aromatic rings. The number of aromatic nitrogens is 1. The van der Waals surface area contributed by atoms with Crippen LogP contribution in [0.5, 0.6) is 0 Å². The zero-order chi connectivity index (χ0) is 28.8. The average Bonchev–Trinajstić information content (AvgIpc) is 3.62. The van der Waals surface area contributed by atoms with E-state index in [1.807, 2.05) is 45.0 Å². The number of hydrogen-bond acceptors (Lipinski definition) is 8. The van der Waals surface area contributed by atoms with E-state index >= 15 is 0 Å². The first kappa shape index (κ1) is 28.1. The van der Waals surface area contributed by atoms with Crippen LogP contribution in [0, 0.1) is 5.41 Å². The lowest BCUT2D eigenvalue weighted by molar-refractivity contribution is -0.138. The van der Waals surface area contributed by atoms with Gasteiger partial charge < -0.3 is 10.2 Å². The summed E-state index contributed by atoms with van der Waals surface area (Å²) in [5.74, 6) is -1.30. The molecule has 4 heterocycles. The number of fused-ring (bicyclic) bond motifs is 2. The Balaban J connectivity index is 1.38. The smallest absolute Gasteiger partial charge is 0.310 e. The number of likely N-dealkylation sites (tertiary alicyclic amines) is 1. The fraction of sp³-hybridized carbons (Fsp3) is 0.393. The number of benzene rings is 1. The van der Waals surface area contributed by atoms with E-state index in [4.69, 9.17) is 0 Å². The number of Topliss-reactive ketones (excluding diaryl/α,β-unsaturated/α-hetero) is 1. The highest BCUT2D eigenvalue weighted by Gasteiger charge is 2.55. The van der Waals surface area contributed by atoms with Crippen LogP contribution in [0.2, 0.25) is 0 Å². The van der Waals surface area contributed by atoms with Crippen LogP contribution >= 0.6 is 11.3 Å². The normalized spacial score (nSPS) is 20.5. The average molecular weight is 583 g/mol. The number of rotatable bonds is 6. The maximum Gasteiger partial charge on any atom is 0.310 e. The van der Waals surface area contributed by atoms with Crippen LogP contribution < -0.4 is 5.32 Å². The van der Waals surface area contributed by atoms with Crippen LogP contribution in [0.15, 0.2) is 54.0 Å². The van der Waals surface area contributed by atoms with E-state index in [1.165, 1.54) is 34.6 Å². The second-order valence-electron chi connectivity index (χ2n) is 11.3. The quantitative estimate of drug-likeness (QED) is 0.472. The Morgan fingerprint density at radius 1 is 1.12 bits per heavy atom. The minimum Gasteiger partial charge on any atom is -0.340 e. The Labute approximate surface area is 236 Å². The first-order valence-electron chi connectivity index (χ1n) is 13.0. The van der Waals surface area contributed by atoms with Crippen molar-refractivity contribution in [1.29, 1.82) is 0 Å². The summed E-state index contributed by atoms with van der Waals surface area (Å²) in [5, 5.41) is 4.25. The van der Waals surface area contributed by atoms with Gasteiger partial charge in [0.1, 0.15) is 17.8 Å². The number of carbonyl (C=O) groups is 4. The number of amides is 2. The molecule has 5 rings (SSSR count). The van der Waals surface area contributed by atoms with Gasteiger partial charge in [0.15, 0.2) is 5.78 Å². The summed E-state index contributed by atoms with van der Waals surface area (Å²) < 4.78 is 28.3. The van der Waals surface area contributed by atoms with E-state index in [2.05, 4.69) is 10.3 Å². The summed E-state index contributed by atoms with van der Waals surface area (Å²) in [6.45, 7) is 5.47. The van der Waals surface area contributed by atoms with Gasteiger partial charge in [-0.3, -0.25) is 24.2 Å². The summed E-state index contributed by atoms with van der Waals surface area (Å²) in [7, 11) is -4.54. The molecule has 3 atom stereocenters. The van der Waals surface area contributed by atoms with Gasteiger partial charge in [-0.1, -0.05) is 45.0 Å². The predicted octanol–water partition coefficient (Wildman–Crippen LogP) is 2.86. The molecule has 1 aromatic carbocycles. The van der Waals surface area contributed by atoms with Crippen LogP contribution in [0.1, 0.15) is 54.5 Å². The van der Waals surface area contributed by atoms with Gasteiger partial charge in [-0.15, -0.1) is 11.3 Å². The summed E-state index contributed by atoms with van der Waals surface area (Å²) in [6, 6.07) is 9.06. The van der Waals surface area contributed by atoms with Crippen LogP contribution in [-0.2, 0) is 19.6 Å². The third-order valence-corrected chi connectivity index (χ3v) is 9.88. The van der Waals surface area contributed by atoms with E-state index in [0.29, 0.717) is 12.0 Å². The molecule has 2 aromatic heterocycles. The Bertz CT molecular complexity index is 1600. The lowest BCUT2D eigenvalue weighted by Crippen LogP contribution is -2.53. The Morgan fingerprint density at radius 2 is 1.85 bits per heavy atom. The van der Waals surface area contributed by atoms with E-state index < -0.39 is 57.4 Å². The third kappa shape index (κ3) is 5.18. The first-order valence-corrected chi connectivity index (χ1v) is 15.3. The van der Waals surface area contributed by atoms with Crippen LogP contribution in [0.25, 0.3) is 10.1 Å². The highest BCUT2D eigenvalue weighted by molar-refractivity contribution is 8.04. The van der Waals surface area contributed by atoms with Gasteiger partial charge in [-0.05, 0) is 36.5 Å². The molecule has 2 fully saturated rings. The van der Waals surface area contributed by atoms with Crippen LogP contribution in [0.4, 0.5) is 0 Å². The lowest BCUT2D eigenvalue weighted by Gasteiger charge is -2.31. The molecule has 2 aliphatic heterocycles. The zero-order valence-electron chi connectivity index (χ0n) is 22.4. The van der Waals surface area contributed by atoms with Crippen molar-refractivity contribution >= 4 is 54.2 Å². The summed E-state index contributed by atoms with van der Waals surface area (Å²) in [5.41, 5.74) is -0.111. The van der Waals surface area contributed by atoms with Crippen LogP contribution in [0.3, 0.4) is 0 Å². The van der Waals surface area contributed by atoms with Gasteiger partial charge in [-0.25, -0.2) is 8.42 Å². The third-order valence-electron chi connectivity index (χ3n) is 7.22. The highest BCUT2D eigenvalue weighted by atomic mass is 32.2. The largest absolute Gasteiger partial charge is 0.340 e. The van der Waals surface area contributed by atoms with Crippen molar-refractivity contribution in [2.24, 2.45) is 5.41 Å². The minimum absolute atomic E-state index is 0.127. The van der Waals surface area contributed by atoms with E-state index in [-0.39, 0.29) is 24.1 Å². The van der Waals surface area contributed by atoms with Crippen molar-refractivity contribution in [3.8, 4) is 0 Å². The molecule has 10 nitrogen and oxygen atoms in total. The monoisotopic (exact) mass is 582 g/mol. The molecule has 3 unspecified atom stereocenters. The van der Waals surface area contributed by atoms with E-state index in [0.717, 1.165) is 14.4 Å². The fourth-order valence-corrected chi connectivity index (χ4v) is 7.88. The molecule has 0 aliphatic carbocycles. The molecule has 0 radical (unpaired) electrons. The van der Waals surface area contributed by atoms with Gasteiger partial charge in [0.05, 0.1) is 18.2 Å². The molecule has 0 spiro atoms. The molecular formula is C28H30N4O6S2. The molecular weight excluding hydrogens is 552 g/mol. The van der Waals surface area contributed by atoms with Crippen molar-refractivity contribution in [3.05, 3.63) is 65.3 Å². The SMILES string of the molecule is CC(C)(C)CC(NC(=O)c1csc2ccccc12)C(=O)N1CCC2C1C(=O)CN2S(=O)(=O)C(=O)c1ccccn1. The standard InChI is InChI=1S/C28H30N4O6S2/c1-28(2,3)14-20(30-25(34)18-16-39-23-10-5-4-8-17(18)23)26(35)31-13-11-21-24(31)22(33)15-32(21)40(37,38)27(36)19-9-6-7-12-29-19/h4-10,12,16,20-21,24H,11,13-15H2,1-3H3,(H,30,34). The molecule has 2 aliphatic rings. The second kappa shape index (κ2) is 10.5. The molecule has 2 amide bonds. The van der Waals surface area contributed by atoms with E-state index in [9.17, 15) is 27.6 Å². The molecule has 40 heavy (non-hydrogen) atoms. The molecule has 0 bridgehead atoms. The van der Waals surface area contributed by atoms with Gasteiger partial charge >= 0.3 is 5.12 Å². The van der Waals surface area contributed by atoms with Gasteiger partial charge in [-0.2, -0.15) is 4.31 Å². The number of hydrogen-bond donors (Lipinski definition) is 1. The number of ketones is 1. The zero-order valence-corrected chi connectivity index (χ0v) is 24.0. The number of pyridine rings is 1. The number of nitrogens with zero attached hydrogens (tertiary/aromatic N) is 3. The van der Waals surface area contributed by atoms with Crippen LogP contribution in [-0.4, -0.2) is 76.5 Å². The van der Waals surface area contributed by atoms with Gasteiger partial charge in [0, 0.05) is 28.2 Å². The van der Waals surface area contributed by atoms with Crippen molar-refractivity contribution in [1.82, 2.24) is 19.5 Å². The van der Waals surface area contributed by atoms with Gasteiger partial charge in [0.2, 0.25) is 5.91 Å². The van der Waals surface area contributed by atoms with Gasteiger partial charge in [0.25, 0.3) is 15.9 Å². The number of thiophene rings is 1. The molecule has 12 heteroatoms.